The zero-order valence-electron chi connectivity index (χ0n) is 10.7. The Morgan fingerprint density at radius 2 is 1.95 bits per heavy atom. The van der Waals surface area contributed by atoms with Gasteiger partial charge in [-0.25, -0.2) is 0 Å². The van der Waals surface area contributed by atoms with Crippen molar-refractivity contribution in [3.63, 3.8) is 0 Å². The standard InChI is InChI=1S/C12H19F3N2O2/c13-12(14,15)10(11(18)19)8-16-4-2-6-17-5-1-3-9(17)7-16/h9-10H,1-8H2,(H,18,19). The summed E-state index contributed by atoms with van der Waals surface area (Å²) in [4.78, 5) is 14.8. The van der Waals surface area contributed by atoms with Gasteiger partial charge >= 0.3 is 12.1 Å². The number of nitrogens with zero attached hydrogens (tertiary/aromatic N) is 2. The first-order chi connectivity index (χ1) is 8.88. The van der Waals surface area contributed by atoms with Crippen LogP contribution in [0.5, 0.6) is 0 Å². The third-order valence-corrected chi connectivity index (χ3v) is 4.02. The van der Waals surface area contributed by atoms with Crippen LogP contribution >= 0.6 is 0 Å². The normalized spacial score (nSPS) is 27.8. The lowest BCUT2D eigenvalue weighted by molar-refractivity contribution is -0.196. The molecule has 7 heteroatoms. The van der Waals surface area contributed by atoms with Gasteiger partial charge in [0.2, 0.25) is 0 Å². The number of alkyl halides is 3. The van der Waals surface area contributed by atoms with Crippen LogP contribution in [-0.4, -0.2) is 65.8 Å². The summed E-state index contributed by atoms with van der Waals surface area (Å²) in [5, 5.41) is 8.74. The lowest BCUT2D eigenvalue weighted by atomic mass is 10.1. The Kier molecular flexibility index (Phi) is 4.35. The van der Waals surface area contributed by atoms with Crippen LogP contribution in [0.1, 0.15) is 19.3 Å². The van der Waals surface area contributed by atoms with Gasteiger partial charge in [-0.2, -0.15) is 13.2 Å². The fourth-order valence-electron chi connectivity index (χ4n) is 3.03. The molecule has 0 saturated carbocycles. The van der Waals surface area contributed by atoms with Crippen LogP contribution in [0.2, 0.25) is 0 Å². The lowest BCUT2D eigenvalue weighted by Crippen LogP contribution is -2.44. The van der Waals surface area contributed by atoms with E-state index in [1.165, 1.54) is 0 Å². The van der Waals surface area contributed by atoms with E-state index in [4.69, 9.17) is 5.11 Å². The third kappa shape index (κ3) is 3.60. The van der Waals surface area contributed by atoms with E-state index in [-0.39, 0.29) is 0 Å². The number of carboxylic acids is 1. The molecule has 0 amide bonds. The molecule has 2 heterocycles. The zero-order chi connectivity index (χ0) is 14.0. The zero-order valence-corrected chi connectivity index (χ0v) is 10.7. The average molecular weight is 280 g/mol. The molecular formula is C12H19F3N2O2. The molecule has 4 nitrogen and oxygen atoms in total. The van der Waals surface area contributed by atoms with Crippen LogP contribution in [0.3, 0.4) is 0 Å². The number of hydrogen-bond donors (Lipinski definition) is 1. The van der Waals surface area contributed by atoms with Crippen molar-refractivity contribution in [2.45, 2.75) is 31.5 Å². The highest BCUT2D eigenvalue weighted by atomic mass is 19.4. The molecule has 2 rings (SSSR count). The molecule has 2 aliphatic heterocycles. The van der Waals surface area contributed by atoms with Crippen molar-refractivity contribution in [3.05, 3.63) is 0 Å². The first-order valence-electron chi connectivity index (χ1n) is 6.64. The van der Waals surface area contributed by atoms with Gasteiger partial charge in [-0.15, -0.1) is 0 Å². The largest absolute Gasteiger partial charge is 0.481 e. The van der Waals surface area contributed by atoms with E-state index in [9.17, 15) is 18.0 Å². The molecule has 2 aliphatic rings. The molecule has 1 N–H and O–H groups in total. The molecule has 0 bridgehead atoms. The van der Waals surface area contributed by atoms with E-state index in [0.717, 1.165) is 32.4 Å². The Morgan fingerprint density at radius 3 is 2.58 bits per heavy atom. The van der Waals surface area contributed by atoms with Crippen molar-refractivity contribution >= 4 is 5.97 Å². The maximum absolute atomic E-state index is 12.7. The van der Waals surface area contributed by atoms with Gasteiger partial charge in [0.05, 0.1) is 0 Å². The number of rotatable bonds is 3. The van der Waals surface area contributed by atoms with Crippen molar-refractivity contribution in [1.29, 1.82) is 0 Å². The molecule has 110 valence electrons. The summed E-state index contributed by atoms with van der Waals surface area (Å²) in [6.45, 7) is 2.60. The van der Waals surface area contributed by atoms with Crippen LogP contribution in [-0.2, 0) is 4.79 Å². The first kappa shape index (κ1) is 14.6. The first-order valence-corrected chi connectivity index (χ1v) is 6.64. The summed E-state index contributed by atoms with van der Waals surface area (Å²) in [6.07, 6.45) is -1.78. The number of fused-ring (bicyclic) bond motifs is 1. The molecule has 0 aromatic carbocycles. The minimum absolute atomic E-state index is 0.296. The smallest absolute Gasteiger partial charge is 0.403 e. The fourth-order valence-corrected chi connectivity index (χ4v) is 3.03. The van der Waals surface area contributed by atoms with Crippen molar-refractivity contribution in [2.75, 3.05) is 32.7 Å². The van der Waals surface area contributed by atoms with Crippen LogP contribution < -0.4 is 0 Å². The summed E-state index contributed by atoms with van der Waals surface area (Å²) >= 11 is 0. The highest BCUT2D eigenvalue weighted by molar-refractivity contribution is 5.71. The van der Waals surface area contributed by atoms with Gasteiger partial charge in [-0.1, -0.05) is 0 Å². The fraction of sp³-hybridized carbons (Fsp3) is 0.917. The Labute approximate surface area is 110 Å². The van der Waals surface area contributed by atoms with E-state index in [2.05, 4.69) is 4.90 Å². The van der Waals surface area contributed by atoms with Crippen LogP contribution in [0, 0.1) is 5.92 Å². The Morgan fingerprint density at radius 1 is 1.26 bits per heavy atom. The lowest BCUT2D eigenvalue weighted by Gasteiger charge is -2.28. The van der Waals surface area contributed by atoms with Gasteiger partial charge in [-0.05, 0) is 38.9 Å². The number of halogens is 3. The minimum Gasteiger partial charge on any atom is -0.481 e. The number of carboxylic acid groups (broad SMARTS) is 1. The summed E-state index contributed by atoms with van der Waals surface area (Å²) in [5.41, 5.74) is 0. The molecule has 2 unspecified atom stereocenters. The van der Waals surface area contributed by atoms with Gasteiger partial charge in [0.15, 0.2) is 5.92 Å². The second-order valence-electron chi connectivity index (χ2n) is 5.38. The Balaban J connectivity index is 1.98. The maximum atomic E-state index is 12.7. The summed E-state index contributed by atoms with van der Waals surface area (Å²) in [7, 11) is 0. The third-order valence-electron chi connectivity index (χ3n) is 4.02. The second kappa shape index (κ2) is 5.66. The monoisotopic (exact) mass is 280 g/mol. The molecular weight excluding hydrogens is 261 g/mol. The van der Waals surface area contributed by atoms with Gasteiger partial charge < -0.3 is 10.0 Å². The molecule has 2 saturated heterocycles. The van der Waals surface area contributed by atoms with E-state index >= 15 is 0 Å². The second-order valence-corrected chi connectivity index (χ2v) is 5.38. The van der Waals surface area contributed by atoms with Crippen LogP contribution in [0.15, 0.2) is 0 Å². The predicted octanol–water partition coefficient (Wildman–Crippen LogP) is 1.42. The molecule has 0 aliphatic carbocycles. The molecule has 0 aromatic heterocycles. The molecule has 0 aromatic rings. The summed E-state index contributed by atoms with van der Waals surface area (Å²) in [6, 6.07) is 0.296. The van der Waals surface area contributed by atoms with Crippen LogP contribution in [0.25, 0.3) is 0 Å². The average Bonchev–Trinajstić information content (AvgIpc) is 2.62. The van der Waals surface area contributed by atoms with E-state index in [1.807, 2.05) is 0 Å². The van der Waals surface area contributed by atoms with Crippen LogP contribution in [0.4, 0.5) is 13.2 Å². The molecule has 2 atom stereocenters. The Hall–Kier alpha value is -0.820. The maximum Gasteiger partial charge on any atom is 0.403 e. The molecule has 19 heavy (non-hydrogen) atoms. The van der Waals surface area contributed by atoms with Crippen molar-refractivity contribution in [2.24, 2.45) is 5.92 Å². The Bertz CT molecular complexity index is 335. The van der Waals surface area contributed by atoms with Crippen molar-refractivity contribution in [1.82, 2.24) is 9.80 Å². The molecule has 0 radical (unpaired) electrons. The molecule has 0 spiro atoms. The molecule has 2 fully saturated rings. The van der Waals surface area contributed by atoms with E-state index in [1.54, 1.807) is 4.90 Å². The van der Waals surface area contributed by atoms with E-state index < -0.39 is 24.6 Å². The number of carbonyl (C=O) groups is 1. The highest BCUT2D eigenvalue weighted by Crippen LogP contribution is 2.29. The van der Waals surface area contributed by atoms with E-state index in [0.29, 0.717) is 19.1 Å². The quantitative estimate of drug-likeness (QED) is 0.849. The number of hydrogen-bond acceptors (Lipinski definition) is 3. The van der Waals surface area contributed by atoms with Gasteiger partial charge in [0.1, 0.15) is 0 Å². The predicted molar refractivity (Wildman–Crippen MR) is 62.8 cm³/mol. The SMILES string of the molecule is O=C(O)C(CN1CCCN2CCCC2C1)C(F)(F)F. The van der Waals surface area contributed by atoms with Gasteiger partial charge in [0, 0.05) is 19.1 Å². The minimum atomic E-state index is -4.67. The van der Waals surface area contributed by atoms with Gasteiger partial charge in [-0.3, -0.25) is 9.69 Å². The highest BCUT2D eigenvalue weighted by Gasteiger charge is 2.46. The van der Waals surface area contributed by atoms with Crippen molar-refractivity contribution in [3.8, 4) is 0 Å². The van der Waals surface area contributed by atoms with Gasteiger partial charge in [0.25, 0.3) is 0 Å². The summed E-state index contributed by atoms with van der Waals surface area (Å²) in [5.74, 6) is -4.06. The van der Waals surface area contributed by atoms with Crippen molar-refractivity contribution < 1.29 is 23.1 Å². The summed E-state index contributed by atoms with van der Waals surface area (Å²) < 4.78 is 38.0. The number of aliphatic carboxylic acids is 1. The topological polar surface area (TPSA) is 43.8 Å².